The van der Waals surface area contributed by atoms with Gasteiger partial charge in [-0.05, 0) is 46.8 Å². The molecular weight excluding hydrogens is 236 g/mol. The minimum atomic E-state index is 0.903. The summed E-state index contributed by atoms with van der Waals surface area (Å²) in [5.74, 6) is 0.969. The van der Waals surface area contributed by atoms with Crippen LogP contribution in [0.15, 0.2) is 4.99 Å². The van der Waals surface area contributed by atoms with Crippen molar-refractivity contribution in [2.45, 2.75) is 52.4 Å². The van der Waals surface area contributed by atoms with E-state index in [1.807, 2.05) is 0 Å². The molecule has 0 aliphatic carbocycles. The third-order valence-electron chi connectivity index (χ3n) is 2.91. The third kappa shape index (κ3) is 13.5. The molecule has 0 bridgehead atoms. The van der Waals surface area contributed by atoms with E-state index in [0.717, 1.165) is 32.0 Å². The Balaban J connectivity index is 3.44. The zero-order chi connectivity index (χ0) is 14.3. The van der Waals surface area contributed by atoms with Crippen LogP contribution >= 0.6 is 0 Å². The van der Waals surface area contributed by atoms with Gasteiger partial charge in [0.15, 0.2) is 5.96 Å². The number of rotatable bonds is 11. The highest BCUT2D eigenvalue weighted by Crippen LogP contribution is 2.02. The van der Waals surface area contributed by atoms with Crippen LogP contribution in [-0.2, 0) is 0 Å². The van der Waals surface area contributed by atoms with Gasteiger partial charge in [0.1, 0.15) is 0 Å². The van der Waals surface area contributed by atoms with Crippen molar-refractivity contribution in [3.8, 4) is 0 Å². The monoisotopic (exact) mass is 270 g/mol. The van der Waals surface area contributed by atoms with Crippen LogP contribution < -0.4 is 10.6 Å². The van der Waals surface area contributed by atoms with Crippen molar-refractivity contribution in [1.29, 1.82) is 0 Å². The lowest BCUT2D eigenvalue weighted by Crippen LogP contribution is -2.37. The minimum Gasteiger partial charge on any atom is -0.357 e. The van der Waals surface area contributed by atoms with E-state index in [9.17, 15) is 0 Å². The van der Waals surface area contributed by atoms with Crippen molar-refractivity contribution in [2.75, 3.05) is 40.3 Å². The van der Waals surface area contributed by atoms with Gasteiger partial charge in [-0.3, -0.25) is 4.99 Å². The summed E-state index contributed by atoms with van der Waals surface area (Å²) in [6, 6.07) is 0. The maximum atomic E-state index is 4.49. The van der Waals surface area contributed by atoms with E-state index in [1.54, 1.807) is 0 Å². The lowest BCUT2D eigenvalue weighted by atomic mass is 10.1. The summed E-state index contributed by atoms with van der Waals surface area (Å²) in [6.07, 6.45) is 7.66. The van der Waals surface area contributed by atoms with Gasteiger partial charge in [-0.15, -0.1) is 0 Å². The highest BCUT2D eigenvalue weighted by molar-refractivity contribution is 5.79. The molecule has 0 aliphatic rings. The SMILES string of the molecule is CCCN=C(NCC)NCCCCCCCN(C)C. The van der Waals surface area contributed by atoms with Crippen molar-refractivity contribution in [1.82, 2.24) is 15.5 Å². The first kappa shape index (κ1) is 18.2. The van der Waals surface area contributed by atoms with E-state index in [0.29, 0.717) is 0 Å². The van der Waals surface area contributed by atoms with Gasteiger partial charge >= 0.3 is 0 Å². The lowest BCUT2D eigenvalue weighted by Gasteiger charge is -2.11. The maximum absolute atomic E-state index is 4.49. The van der Waals surface area contributed by atoms with Crippen LogP contribution in [0, 0.1) is 0 Å². The first-order valence-electron chi connectivity index (χ1n) is 7.87. The summed E-state index contributed by atoms with van der Waals surface area (Å²) >= 11 is 0. The molecule has 0 aromatic carbocycles. The smallest absolute Gasteiger partial charge is 0.191 e. The predicted octanol–water partition coefficient (Wildman–Crippen LogP) is 2.46. The van der Waals surface area contributed by atoms with Crippen molar-refractivity contribution >= 4 is 5.96 Å². The van der Waals surface area contributed by atoms with Gasteiger partial charge in [-0.1, -0.05) is 26.2 Å². The molecule has 0 unspecified atom stereocenters. The number of hydrogen-bond donors (Lipinski definition) is 2. The standard InChI is InChI=1S/C15H34N4/c1-5-12-17-15(16-6-2)18-13-10-8-7-9-11-14-19(3)4/h5-14H2,1-4H3,(H2,16,17,18). The van der Waals surface area contributed by atoms with Gasteiger partial charge in [-0.2, -0.15) is 0 Å². The van der Waals surface area contributed by atoms with Gasteiger partial charge in [0.2, 0.25) is 0 Å². The van der Waals surface area contributed by atoms with Crippen LogP contribution in [0.2, 0.25) is 0 Å². The van der Waals surface area contributed by atoms with E-state index in [1.165, 1.54) is 38.6 Å². The molecule has 0 aliphatic heterocycles. The molecule has 2 N–H and O–H groups in total. The molecule has 0 atom stereocenters. The largest absolute Gasteiger partial charge is 0.357 e. The zero-order valence-electron chi connectivity index (χ0n) is 13.5. The van der Waals surface area contributed by atoms with E-state index in [-0.39, 0.29) is 0 Å². The van der Waals surface area contributed by atoms with Crippen molar-refractivity contribution in [2.24, 2.45) is 4.99 Å². The fourth-order valence-electron chi connectivity index (χ4n) is 1.86. The van der Waals surface area contributed by atoms with Gasteiger partial charge in [0, 0.05) is 19.6 Å². The molecule has 19 heavy (non-hydrogen) atoms. The quantitative estimate of drug-likeness (QED) is 0.344. The van der Waals surface area contributed by atoms with Crippen LogP contribution in [0.3, 0.4) is 0 Å². The second-order valence-corrected chi connectivity index (χ2v) is 5.26. The Kier molecular flexibility index (Phi) is 13.1. The second-order valence-electron chi connectivity index (χ2n) is 5.26. The maximum Gasteiger partial charge on any atom is 0.191 e. The Morgan fingerprint density at radius 3 is 2.26 bits per heavy atom. The molecular formula is C15H34N4. The van der Waals surface area contributed by atoms with Crippen LogP contribution in [0.25, 0.3) is 0 Å². The Bertz CT molecular complexity index is 214. The number of unbranched alkanes of at least 4 members (excludes halogenated alkanes) is 4. The second kappa shape index (κ2) is 13.7. The summed E-state index contributed by atoms with van der Waals surface area (Å²) < 4.78 is 0. The number of nitrogens with zero attached hydrogens (tertiary/aromatic N) is 2. The van der Waals surface area contributed by atoms with Gasteiger partial charge in [0.05, 0.1) is 0 Å². The summed E-state index contributed by atoms with van der Waals surface area (Å²) in [5.41, 5.74) is 0. The summed E-state index contributed by atoms with van der Waals surface area (Å²) in [5, 5.41) is 6.67. The van der Waals surface area contributed by atoms with Gasteiger partial charge in [0.25, 0.3) is 0 Å². The molecule has 0 aromatic heterocycles. The predicted molar refractivity (Wildman–Crippen MR) is 85.9 cm³/mol. The Labute approximate surface area is 120 Å². The number of nitrogens with one attached hydrogen (secondary N) is 2. The van der Waals surface area contributed by atoms with Crippen LogP contribution in [0.5, 0.6) is 0 Å². The summed E-state index contributed by atoms with van der Waals surface area (Å²) in [6.45, 7) is 8.34. The molecule has 4 nitrogen and oxygen atoms in total. The number of hydrogen-bond acceptors (Lipinski definition) is 2. The van der Waals surface area contributed by atoms with E-state index < -0.39 is 0 Å². The van der Waals surface area contributed by atoms with Crippen molar-refractivity contribution < 1.29 is 0 Å². The first-order valence-corrected chi connectivity index (χ1v) is 7.87. The fraction of sp³-hybridized carbons (Fsp3) is 0.933. The first-order chi connectivity index (χ1) is 9.20. The van der Waals surface area contributed by atoms with E-state index >= 15 is 0 Å². The molecule has 0 rings (SSSR count). The highest BCUT2D eigenvalue weighted by atomic mass is 15.2. The molecule has 0 heterocycles. The average Bonchev–Trinajstić information content (AvgIpc) is 2.38. The molecule has 0 fully saturated rings. The summed E-state index contributed by atoms with van der Waals surface area (Å²) in [7, 11) is 4.28. The molecule has 0 spiro atoms. The van der Waals surface area contributed by atoms with Gasteiger partial charge in [-0.25, -0.2) is 0 Å². The molecule has 114 valence electrons. The number of guanidine groups is 1. The lowest BCUT2D eigenvalue weighted by molar-refractivity contribution is 0.389. The average molecular weight is 270 g/mol. The van der Waals surface area contributed by atoms with Crippen molar-refractivity contribution in [3.63, 3.8) is 0 Å². The molecule has 0 amide bonds. The number of aliphatic imine (C=N–C) groups is 1. The third-order valence-corrected chi connectivity index (χ3v) is 2.91. The zero-order valence-corrected chi connectivity index (χ0v) is 13.5. The van der Waals surface area contributed by atoms with Gasteiger partial charge < -0.3 is 15.5 Å². The fourth-order valence-corrected chi connectivity index (χ4v) is 1.86. The highest BCUT2D eigenvalue weighted by Gasteiger charge is 1.96. The van der Waals surface area contributed by atoms with Crippen LogP contribution in [-0.4, -0.2) is 51.1 Å². The normalized spacial score (nSPS) is 11.9. The van der Waals surface area contributed by atoms with Crippen molar-refractivity contribution in [3.05, 3.63) is 0 Å². The topological polar surface area (TPSA) is 39.7 Å². The van der Waals surface area contributed by atoms with E-state index in [4.69, 9.17) is 0 Å². The molecule has 4 heteroatoms. The molecule has 0 saturated heterocycles. The van der Waals surface area contributed by atoms with Crippen LogP contribution in [0.4, 0.5) is 0 Å². The molecule has 0 aromatic rings. The molecule has 0 radical (unpaired) electrons. The Hall–Kier alpha value is -0.770. The summed E-state index contributed by atoms with van der Waals surface area (Å²) in [4.78, 5) is 6.75. The Morgan fingerprint density at radius 1 is 0.947 bits per heavy atom. The minimum absolute atomic E-state index is 0.903. The Morgan fingerprint density at radius 2 is 1.63 bits per heavy atom. The van der Waals surface area contributed by atoms with Crippen LogP contribution in [0.1, 0.15) is 52.4 Å². The van der Waals surface area contributed by atoms with E-state index in [2.05, 4.69) is 48.5 Å². The molecule has 0 saturated carbocycles.